The fourth-order valence-corrected chi connectivity index (χ4v) is 3.59. The molecule has 2 aliphatic rings. The number of aliphatic carboxylic acids is 1. The molecule has 1 fully saturated rings. The molecule has 2 unspecified atom stereocenters. The van der Waals surface area contributed by atoms with Crippen molar-refractivity contribution in [1.82, 2.24) is 4.90 Å². The second-order valence-electron chi connectivity index (χ2n) is 3.55. The third-order valence-corrected chi connectivity index (χ3v) is 4.68. The first kappa shape index (κ1) is 10.4. The molecule has 15 heavy (non-hydrogen) atoms. The van der Waals surface area contributed by atoms with Crippen LogP contribution in [0.2, 0.25) is 0 Å². The summed E-state index contributed by atoms with van der Waals surface area (Å²) in [5.41, 5.74) is -0.0114. The van der Waals surface area contributed by atoms with E-state index in [-0.39, 0.29) is 23.3 Å². The number of hydrogen-bond donors (Lipinski definition) is 1. The lowest BCUT2D eigenvalue weighted by Gasteiger charge is -2.43. The van der Waals surface area contributed by atoms with Crippen LogP contribution in [0.25, 0.3) is 0 Å². The van der Waals surface area contributed by atoms with Crippen molar-refractivity contribution >= 4 is 22.7 Å². The van der Waals surface area contributed by atoms with Gasteiger partial charge in [0.05, 0.1) is 22.5 Å². The van der Waals surface area contributed by atoms with Crippen LogP contribution in [0.1, 0.15) is 19.8 Å². The third-order valence-electron chi connectivity index (χ3n) is 2.70. The monoisotopic (exact) mass is 229 g/mol. The Labute approximate surface area is 89.2 Å². The van der Waals surface area contributed by atoms with Crippen LogP contribution >= 0.6 is 0 Å². The lowest BCUT2D eigenvalue weighted by molar-refractivity contribution is -0.146. The molecule has 0 aromatic heterocycles. The molecule has 0 aromatic carbocycles. The smallest absolute Gasteiger partial charge is 0.352 e. The lowest BCUT2D eigenvalue weighted by Crippen LogP contribution is -2.59. The Morgan fingerprint density at radius 3 is 2.87 bits per heavy atom. The molecule has 1 N–H and O–H groups in total. The normalized spacial score (nSPS) is 34.2. The van der Waals surface area contributed by atoms with Crippen molar-refractivity contribution in [2.75, 3.05) is 0 Å². The highest BCUT2D eigenvalue weighted by Crippen LogP contribution is 2.34. The van der Waals surface area contributed by atoms with Gasteiger partial charge in [0, 0.05) is 0 Å². The van der Waals surface area contributed by atoms with Crippen LogP contribution in [0.3, 0.4) is 0 Å². The summed E-state index contributed by atoms with van der Waals surface area (Å²) in [6.07, 6.45) is 2.27. The van der Waals surface area contributed by atoms with E-state index in [1.165, 1.54) is 6.08 Å². The molecule has 0 saturated carbocycles. The SMILES string of the molecule is CCC1C=C(C(=O)O)N2C(=O)C[C@H]2S1=O. The van der Waals surface area contributed by atoms with Gasteiger partial charge in [-0.1, -0.05) is 6.92 Å². The number of rotatable bonds is 2. The molecule has 5 nitrogen and oxygen atoms in total. The van der Waals surface area contributed by atoms with Gasteiger partial charge < -0.3 is 5.11 Å². The molecule has 2 heterocycles. The van der Waals surface area contributed by atoms with Gasteiger partial charge in [0.1, 0.15) is 11.1 Å². The molecular weight excluding hydrogens is 218 g/mol. The number of hydrogen-bond acceptors (Lipinski definition) is 3. The molecule has 0 aromatic rings. The maximum absolute atomic E-state index is 11.8. The molecule has 2 rings (SSSR count). The summed E-state index contributed by atoms with van der Waals surface area (Å²) in [5, 5.41) is 8.25. The first-order chi connectivity index (χ1) is 7.06. The van der Waals surface area contributed by atoms with Crippen LogP contribution in [0.15, 0.2) is 11.8 Å². The van der Waals surface area contributed by atoms with E-state index in [2.05, 4.69) is 0 Å². The summed E-state index contributed by atoms with van der Waals surface area (Å²) in [6.45, 7) is 1.86. The van der Waals surface area contributed by atoms with E-state index in [1.807, 2.05) is 6.92 Å². The Morgan fingerprint density at radius 2 is 2.40 bits per heavy atom. The summed E-state index contributed by atoms with van der Waals surface area (Å²) in [5.74, 6) is -1.38. The van der Waals surface area contributed by atoms with Crippen LogP contribution in [-0.2, 0) is 20.4 Å². The fourth-order valence-electron chi connectivity index (χ4n) is 1.84. The van der Waals surface area contributed by atoms with E-state index >= 15 is 0 Å². The predicted octanol–water partition coefficient (Wildman–Crippen LogP) is 0.0542. The summed E-state index contributed by atoms with van der Waals surface area (Å²) in [7, 11) is -1.16. The second-order valence-corrected chi connectivity index (χ2v) is 5.36. The van der Waals surface area contributed by atoms with Crippen molar-refractivity contribution in [1.29, 1.82) is 0 Å². The Hall–Kier alpha value is -1.17. The molecule has 0 aliphatic carbocycles. The maximum atomic E-state index is 11.8. The van der Waals surface area contributed by atoms with Gasteiger partial charge in [-0.25, -0.2) is 4.79 Å². The maximum Gasteiger partial charge on any atom is 0.352 e. The minimum atomic E-state index is -1.16. The summed E-state index contributed by atoms with van der Waals surface area (Å²) in [6, 6.07) is 0. The number of β-lactam (4-membered cyclic amide) rings is 1. The molecule has 0 spiro atoms. The molecule has 3 atom stereocenters. The molecule has 82 valence electrons. The van der Waals surface area contributed by atoms with Crippen LogP contribution < -0.4 is 0 Å². The van der Waals surface area contributed by atoms with E-state index in [1.54, 1.807) is 0 Å². The van der Waals surface area contributed by atoms with E-state index in [4.69, 9.17) is 5.11 Å². The van der Waals surface area contributed by atoms with E-state index in [9.17, 15) is 13.8 Å². The van der Waals surface area contributed by atoms with Crippen molar-refractivity contribution in [2.24, 2.45) is 0 Å². The summed E-state index contributed by atoms with van der Waals surface area (Å²) in [4.78, 5) is 23.2. The van der Waals surface area contributed by atoms with Crippen LogP contribution in [0, 0.1) is 0 Å². The van der Waals surface area contributed by atoms with Gasteiger partial charge >= 0.3 is 5.97 Å². The Morgan fingerprint density at radius 1 is 1.73 bits per heavy atom. The number of fused-ring (bicyclic) bond motifs is 1. The summed E-state index contributed by atoms with van der Waals surface area (Å²) < 4.78 is 11.8. The first-order valence-electron chi connectivity index (χ1n) is 4.72. The quantitative estimate of drug-likeness (QED) is 0.679. The van der Waals surface area contributed by atoms with Crippen LogP contribution in [0.4, 0.5) is 0 Å². The van der Waals surface area contributed by atoms with Crippen molar-refractivity contribution in [3.05, 3.63) is 11.8 Å². The second kappa shape index (κ2) is 3.44. The zero-order valence-corrected chi connectivity index (χ0v) is 8.99. The summed E-state index contributed by atoms with van der Waals surface area (Å²) >= 11 is 0. The highest BCUT2D eigenvalue weighted by molar-refractivity contribution is 7.86. The van der Waals surface area contributed by atoms with E-state index in [0.717, 1.165) is 4.90 Å². The number of nitrogens with zero attached hydrogens (tertiary/aromatic N) is 1. The van der Waals surface area contributed by atoms with Gasteiger partial charge in [-0.2, -0.15) is 0 Å². The molecule has 0 bridgehead atoms. The molecule has 1 saturated heterocycles. The lowest BCUT2D eigenvalue weighted by atomic mass is 10.1. The predicted molar refractivity (Wildman–Crippen MR) is 53.2 cm³/mol. The number of carbonyl (C=O) groups excluding carboxylic acids is 1. The minimum Gasteiger partial charge on any atom is -0.477 e. The van der Waals surface area contributed by atoms with Gasteiger partial charge in [0.2, 0.25) is 5.91 Å². The van der Waals surface area contributed by atoms with Crippen LogP contribution in [0.5, 0.6) is 0 Å². The highest BCUT2D eigenvalue weighted by atomic mass is 32.2. The zero-order chi connectivity index (χ0) is 11.2. The number of carboxylic acids is 1. The van der Waals surface area contributed by atoms with E-state index in [0.29, 0.717) is 6.42 Å². The van der Waals surface area contributed by atoms with Crippen molar-refractivity contribution < 1.29 is 18.9 Å². The zero-order valence-electron chi connectivity index (χ0n) is 8.17. The minimum absolute atomic E-state index is 0.0114. The first-order valence-corrected chi connectivity index (χ1v) is 6.00. The van der Waals surface area contributed by atoms with Gasteiger partial charge in [0.15, 0.2) is 0 Å². The van der Waals surface area contributed by atoms with Crippen molar-refractivity contribution in [2.45, 2.75) is 30.4 Å². The third kappa shape index (κ3) is 1.40. The standard InChI is InChI=1S/C9H11NO4S/c1-2-5-3-6(9(12)13)10-7(11)4-8(10)15(5)14/h3,5,8H,2,4H2,1H3,(H,12,13)/t5?,8-,15?/m1/s1. The van der Waals surface area contributed by atoms with Gasteiger partial charge in [-0.15, -0.1) is 0 Å². The topological polar surface area (TPSA) is 74.7 Å². The molecule has 6 heteroatoms. The van der Waals surface area contributed by atoms with Crippen molar-refractivity contribution in [3.8, 4) is 0 Å². The average molecular weight is 229 g/mol. The molecule has 0 radical (unpaired) electrons. The number of carbonyl (C=O) groups is 2. The Kier molecular flexibility index (Phi) is 2.38. The Balaban J connectivity index is 2.39. The van der Waals surface area contributed by atoms with E-state index < -0.39 is 22.1 Å². The highest BCUT2D eigenvalue weighted by Gasteiger charge is 2.48. The molecule has 2 aliphatic heterocycles. The number of amides is 1. The van der Waals surface area contributed by atoms with Crippen molar-refractivity contribution in [3.63, 3.8) is 0 Å². The van der Waals surface area contributed by atoms with Gasteiger partial charge in [-0.3, -0.25) is 13.9 Å². The average Bonchev–Trinajstić information content (AvgIpc) is 2.18. The van der Waals surface area contributed by atoms with Crippen LogP contribution in [-0.4, -0.2) is 36.7 Å². The van der Waals surface area contributed by atoms with Gasteiger partial charge in [0.25, 0.3) is 0 Å². The Bertz CT molecular complexity index is 390. The van der Waals surface area contributed by atoms with Gasteiger partial charge in [-0.05, 0) is 12.5 Å². The largest absolute Gasteiger partial charge is 0.477 e. The number of carboxylic acid groups (broad SMARTS) is 1. The molecule has 1 amide bonds. The fraction of sp³-hybridized carbons (Fsp3) is 0.556. The molecular formula is C9H11NO4S.